The molecular weight excluding hydrogens is 434 g/mol. The Hall–Kier alpha value is -2.70. The maximum Gasteiger partial charge on any atom is 0.213 e. The largest absolute Gasteiger partial charge is 0.478 e. The number of rotatable bonds is 7. The van der Waals surface area contributed by atoms with E-state index >= 15 is 0 Å². The second-order valence-electron chi connectivity index (χ2n) is 10.9. The molecule has 2 aromatic heterocycles. The number of pyridine rings is 2. The monoisotopic (exact) mass is 473 g/mol. The zero-order valence-corrected chi connectivity index (χ0v) is 21.9. The lowest BCUT2D eigenvalue weighted by Crippen LogP contribution is -2.47. The smallest absolute Gasteiger partial charge is 0.213 e. The highest BCUT2D eigenvalue weighted by molar-refractivity contribution is 5.93. The lowest BCUT2D eigenvalue weighted by atomic mass is 9.73. The zero-order chi connectivity index (χ0) is 24.6. The summed E-state index contributed by atoms with van der Waals surface area (Å²) < 4.78 is 5.83. The molecule has 186 valence electrons. The molecular formula is C29H39N5O. The molecule has 4 heterocycles. The van der Waals surface area contributed by atoms with Crippen LogP contribution in [0.25, 0.3) is 22.0 Å². The molecule has 6 nitrogen and oxygen atoms in total. The number of ether oxygens (including phenoxy) is 1. The summed E-state index contributed by atoms with van der Waals surface area (Å²) in [5.41, 5.74) is 6.39. The molecule has 5 rings (SSSR count). The van der Waals surface area contributed by atoms with Crippen LogP contribution in [-0.4, -0.2) is 79.7 Å². The summed E-state index contributed by atoms with van der Waals surface area (Å²) in [6, 6.07) is 11.4. The minimum absolute atomic E-state index is 0.206. The molecule has 35 heavy (non-hydrogen) atoms. The van der Waals surface area contributed by atoms with E-state index in [4.69, 9.17) is 9.72 Å². The van der Waals surface area contributed by atoms with E-state index in [-0.39, 0.29) is 5.41 Å². The Labute approximate surface area is 209 Å². The fourth-order valence-corrected chi connectivity index (χ4v) is 5.90. The Morgan fingerprint density at radius 1 is 1.03 bits per heavy atom. The molecule has 3 aromatic rings. The summed E-state index contributed by atoms with van der Waals surface area (Å²) in [6.07, 6.45) is 7.41. The molecule has 0 N–H and O–H groups in total. The van der Waals surface area contributed by atoms with Crippen molar-refractivity contribution in [2.45, 2.75) is 44.6 Å². The zero-order valence-electron chi connectivity index (χ0n) is 21.9. The van der Waals surface area contributed by atoms with Crippen LogP contribution in [0.5, 0.6) is 5.88 Å². The second-order valence-corrected chi connectivity index (χ2v) is 10.9. The molecule has 0 saturated carbocycles. The summed E-state index contributed by atoms with van der Waals surface area (Å²) in [6.45, 7) is 9.73. The fraction of sp³-hybridized carbons (Fsp3) is 0.517. The van der Waals surface area contributed by atoms with Crippen molar-refractivity contribution in [2.75, 3.05) is 58.8 Å². The highest BCUT2D eigenvalue weighted by atomic mass is 16.5. The van der Waals surface area contributed by atoms with Gasteiger partial charge in [0.05, 0.1) is 24.0 Å². The van der Waals surface area contributed by atoms with Crippen molar-refractivity contribution in [1.82, 2.24) is 19.8 Å². The first-order valence-electron chi connectivity index (χ1n) is 13.0. The van der Waals surface area contributed by atoms with Gasteiger partial charge in [-0.2, -0.15) is 0 Å². The van der Waals surface area contributed by atoms with Crippen LogP contribution in [0.3, 0.4) is 0 Å². The molecule has 1 spiro atoms. The van der Waals surface area contributed by atoms with Gasteiger partial charge in [0.15, 0.2) is 0 Å². The van der Waals surface area contributed by atoms with E-state index in [1.54, 1.807) is 0 Å². The summed E-state index contributed by atoms with van der Waals surface area (Å²) in [5.74, 6) is 0.688. The average molecular weight is 474 g/mol. The van der Waals surface area contributed by atoms with E-state index in [0.29, 0.717) is 18.5 Å². The first-order valence-corrected chi connectivity index (χ1v) is 13.0. The number of hydrogen-bond donors (Lipinski definition) is 0. The lowest BCUT2D eigenvalue weighted by molar-refractivity contribution is 0.136. The predicted octanol–water partition coefficient (Wildman–Crippen LogP) is 4.82. The summed E-state index contributed by atoms with van der Waals surface area (Å²) >= 11 is 0. The van der Waals surface area contributed by atoms with Crippen LogP contribution in [-0.2, 0) is 5.41 Å². The quantitative estimate of drug-likeness (QED) is 0.459. The van der Waals surface area contributed by atoms with Crippen LogP contribution < -0.4 is 9.64 Å². The van der Waals surface area contributed by atoms with Crippen molar-refractivity contribution in [3.63, 3.8) is 0 Å². The maximum atomic E-state index is 5.83. The maximum absolute atomic E-state index is 5.83. The minimum atomic E-state index is 0.206. The molecule has 2 aliphatic rings. The topological polar surface area (TPSA) is 44.7 Å². The van der Waals surface area contributed by atoms with E-state index in [0.717, 1.165) is 43.7 Å². The Kier molecular flexibility index (Phi) is 6.69. The van der Waals surface area contributed by atoms with Gasteiger partial charge >= 0.3 is 0 Å². The molecule has 0 bridgehead atoms. The summed E-state index contributed by atoms with van der Waals surface area (Å²) in [4.78, 5) is 16.6. The predicted molar refractivity (Wildman–Crippen MR) is 145 cm³/mol. The summed E-state index contributed by atoms with van der Waals surface area (Å²) in [7, 11) is 6.38. The lowest BCUT2D eigenvalue weighted by Gasteiger charge is -2.41. The van der Waals surface area contributed by atoms with Crippen molar-refractivity contribution in [3.8, 4) is 17.0 Å². The van der Waals surface area contributed by atoms with E-state index in [2.05, 4.69) is 85.1 Å². The third-order valence-corrected chi connectivity index (χ3v) is 7.88. The molecule has 1 aromatic carbocycles. The van der Waals surface area contributed by atoms with E-state index in [1.165, 1.54) is 35.0 Å². The van der Waals surface area contributed by atoms with Gasteiger partial charge in [-0.3, -0.25) is 4.98 Å². The minimum Gasteiger partial charge on any atom is -0.478 e. The molecule has 0 unspecified atom stereocenters. The Bertz CT molecular complexity index is 1170. The van der Waals surface area contributed by atoms with Crippen LogP contribution in [0, 0.1) is 0 Å². The number of likely N-dealkylation sites (N-methyl/N-ethyl adjacent to an activating group) is 1. The van der Waals surface area contributed by atoms with Crippen molar-refractivity contribution >= 4 is 16.6 Å². The SMILES string of the molecule is CC(C)N1CCC2(CC1)CN(C)c1cnc3ccc(-c4ccc(OCCCN(C)C)nc4)cc3c12. The number of aromatic nitrogens is 2. The Balaban J connectivity index is 1.43. The molecule has 6 heteroatoms. The summed E-state index contributed by atoms with van der Waals surface area (Å²) in [5, 5.41) is 1.30. The normalized spacial score (nSPS) is 17.6. The molecule has 0 atom stereocenters. The van der Waals surface area contributed by atoms with E-state index < -0.39 is 0 Å². The van der Waals surface area contributed by atoms with Gasteiger partial charge in [-0.1, -0.05) is 6.07 Å². The van der Waals surface area contributed by atoms with Crippen molar-refractivity contribution < 1.29 is 4.74 Å². The number of benzene rings is 1. The van der Waals surface area contributed by atoms with Crippen LogP contribution in [0.15, 0.2) is 42.7 Å². The van der Waals surface area contributed by atoms with Gasteiger partial charge in [0, 0.05) is 54.8 Å². The number of nitrogens with zero attached hydrogens (tertiary/aromatic N) is 5. The first-order chi connectivity index (χ1) is 16.9. The molecule has 0 radical (unpaired) electrons. The van der Waals surface area contributed by atoms with E-state index in [1.807, 2.05) is 12.3 Å². The van der Waals surface area contributed by atoms with Gasteiger partial charge in [0.1, 0.15) is 0 Å². The van der Waals surface area contributed by atoms with Crippen LogP contribution in [0.1, 0.15) is 38.7 Å². The van der Waals surface area contributed by atoms with Crippen molar-refractivity contribution in [3.05, 3.63) is 48.3 Å². The van der Waals surface area contributed by atoms with Gasteiger partial charge < -0.3 is 19.4 Å². The molecule has 0 aliphatic carbocycles. The number of likely N-dealkylation sites (tertiary alicyclic amines) is 1. The Morgan fingerprint density at radius 2 is 1.80 bits per heavy atom. The van der Waals surface area contributed by atoms with E-state index in [9.17, 15) is 0 Å². The molecule has 2 aliphatic heterocycles. The van der Waals surface area contributed by atoms with Crippen LogP contribution in [0.2, 0.25) is 0 Å². The van der Waals surface area contributed by atoms with Crippen molar-refractivity contribution in [1.29, 1.82) is 0 Å². The third-order valence-electron chi connectivity index (χ3n) is 7.88. The highest BCUT2D eigenvalue weighted by Crippen LogP contribution is 2.49. The number of hydrogen-bond acceptors (Lipinski definition) is 6. The van der Waals surface area contributed by atoms with Crippen molar-refractivity contribution in [2.24, 2.45) is 0 Å². The average Bonchev–Trinajstić information content (AvgIpc) is 3.13. The number of anilines is 1. The Morgan fingerprint density at radius 3 is 2.49 bits per heavy atom. The first kappa shape index (κ1) is 24.0. The highest BCUT2D eigenvalue weighted by Gasteiger charge is 2.45. The van der Waals surface area contributed by atoms with Gasteiger partial charge in [0.25, 0.3) is 0 Å². The van der Waals surface area contributed by atoms with Gasteiger partial charge in [-0.25, -0.2) is 4.98 Å². The van der Waals surface area contributed by atoms with Gasteiger partial charge in [-0.15, -0.1) is 0 Å². The fourth-order valence-electron chi connectivity index (χ4n) is 5.90. The van der Waals surface area contributed by atoms with Gasteiger partial charge in [-0.05, 0) is 89.6 Å². The third kappa shape index (κ3) is 4.74. The van der Waals surface area contributed by atoms with Gasteiger partial charge in [0.2, 0.25) is 5.88 Å². The van der Waals surface area contributed by atoms with Crippen LogP contribution in [0.4, 0.5) is 5.69 Å². The molecule has 0 amide bonds. The van der Waals surface area contributed by atoms with Crippen LogP contribution >= 0.6 is 0 Å². The second kappa shape index (κ2) is 9.75. The number of fused-ring (bicyclic) bond motifs is 4. The molecule has 1 saturated heterocycles. The number of piperidine rings is 1. The standard InChI is InChI=1S/C29H39N5O/c1-21(2)34-14-11-29(12-15-34)20-33(5)26-19-30-25-9-7-22(17-24(25)28(26)29)23-8-10-27(31-18-23)35-16-6-13-32(3)4/h7-10,17-19,21H,6,11-16,20H2,1-5H3. The molecule has 1 fully saturated rings.